The second-order valence-electron chi connectivity index (χ2n) is 27.5. The normalized spacial score (nSPS) is 25.1. The van der Waals surface area contributed by atoms with Crippen molar-refractivity contribution in [2.45, 2.75) is 224 Å². The molecule has 5 rings (SSSR count). The smallest absolute Gasteiger partial charge is 0.329 e. The Bertz CT molecular complexity index is 3450. The minimum atomic E-state index is -2.48. The van der Waals surface area contributed by atoms with Gasteiger partial charge < -0.3 is 98.6 Å². The van der Waals surface area contributed by atoms with Crippen molar-refractivity contribution < 1.29 is 97.4 Å². The SMILES string of the molecule is C/C=C1\NC(=O)[C@H](Cc2ccccc2)NC(=O)[C@H]2CCCN2C(=O)CNC(=O)[C@H](CCC(N)=O)NC(=O)[C@H](O)[C@H](C[C@@H](C[C@@H](O)[C@H](O)CC(C)C)OC(=O)[C@@H](CC(C)C)N(C)C(C)=O)NC(=O)[C@@H]2CCCN2C(=O)[C@H](CCc2ccccc2)NC(=O)[C@H]([C@@H](C)O)NC(=O)/C(=C\C)NC(=O)[C@H](CO)NC1=O. The van der Waals surface area contributed by atoms with Gasteiger partial charge in [0, 0.05) is 52.7 Å². The van der Waals surface area contributed by atoms with Crippen molar-refractivity contribution in [3.8, 4) is 0 Å². The molecule has 16 N–H and O–H groups in total. The van der Waals surface area contributed by atoms with E-state index in [1.165, 1.54) is 27.8 Å². The molecule has 14 atom stereocenters. The summed E-state index contributed by atoms with van der Waals surface area (Å²) in [6.45, 7) is 10.1. The summed E-state index contributed by atoms with van der Waals surface area (Å²) in [7, 11) is 1.36. The molecule has 0 radical (unpaired) electrons. The van der Waals surface area contributed by atoms with Crippen LogP contribution in [0.1, 0.15) is 137 Å². The monoisotopic (exact) mass is 1470 g/mol. The van der Waals surface area contributed by atoms with Gasteiger partial charge in [0.15, 0.2) is 6.10 Å². The van der Waals surface area contributed by atoms with Gasteiger partial charge in [-0.15, -0.1) is 0 Å². The van der Waals surface area contributed by atoms with Gasteiger partial charge >= 0.3 is 5.97 Å². The number of esters is 1. The van der Waals surface area contributed by atoms with E-state index in [1.807, 2.05) is 0 Å². The molecular formula is C72H105N13O20. The van der Waals surface area contributed by atoms with Gasteiger partial charge in [-0.05, 0) is 102 Å². The molecule has 2 aromatic carbocycles. The third-order valence-electron chi connectivity index (χ3n) is 18.3. The van der Waals surface area contributed by atoms with Gasteiger partial charge in [0.25, 0.3) is 17.7 Å². The number of carbonyl (C=O) groups excluding carboxylic acids is 14. The summed E-state index contributed by atoms with van der Waals surface area (Å²) in [5.74, 6) is -14.5. The van der Waals surface area contributed by atoms with E-state index in [0.29, 0.717) is 11.1 Å². The number of primary amides is 1. The molecule has 3 saturated heterocycles. The first-order valence-electron chi connectivity index (χ1n) is 35.5. The summed E-state index contributed by atoms with van der Waals surface area (Å²) in [5, 5.41) is 78.8. The van der Waals surface area contributed by atoms with E-state index >= 15 is 9.59 Å². The van der Waals surface area contributed by atoms with Crippen LogP contribution in [0, 0.1) is 11.8 Å². The Labute approximate surface area is 610 Å². The molecule has 105 heavy (non-hydrogen) atoms. The van der Waals surface area contributed by atoms with Crippen LogP contribution in [0.15, 0.2) is 84.2 Å². The molecule has 0 spiro atoms. The maximum absolute atomic E-state index is 15.2. The van der Waals surface area contributed by atoms with Crippen LogP contribution < -0.4 is 53.6 Å². The third kappa shape index (κ3) is 26.1. The van der Waals surface area contributed by atoms with E-state index in [4.69, 9.17) is 10.5 Å². The second kappa shape index (κ2) is 41.7. The summed E-state index contributed by atoms with van der Waals surface area (Å²) in [6, 6.07) is 2.65. The van der Waals surface area contributed by atoms with E-state index in [0.717, 1.165) is 33.8 Å². The summed E-state index contributed by atoms with van der Waals surface area (Å²) >= 11 is 0. The number of amides is 13. The standard InChI is InChI=1S/C72H105N13O20/c1-10-46-63(95)81-52(38-86)66(98)76-47(11-2)64(96)82-60(41(7)87)69(101)78-49(27-26-43-20-14-12-15-21-43)71(103)85-31-19-25-54(85)68(100)79-50(35-45(36-57(90)56(89)33-40(5)6)105-72(104)55(32-39(3)4)83(9)42(8)88)61(93)70(102)77-48(28-29-58(73)91)62(94)74-37-59(92)84-30-18-24-53(84)67(99)80-51(65(97)75-46)34-44-22-16-13-17-23-44/h10-17,20-23,39-41,45,48-57,60-61,86-87,89-90,93H,18-19,24-38H2,1-9H3,(H2,73,91)(H,74,94)(H,75,97)(H,76,98)(H,77,102)(H,78,101)(H,79,100)(H,80,99)(H,81,95)(H,82,96)/b46-10-,47-11+/t41-,45+,48+,49+,50+,51+,52+,53-,54+,55-,56-,57-,60+,61-/m1/s1. The van der Waals surface area contributed by atoms with Crippen LogP contribution in [-0.4, -0.2) is 241 Å². The first-order valence-corrected chi connectivity index (χ1v) is 35.5. The van der Waals surface area contributed by atoms with Crippen molar-refractivity contribution in [2.75, 3.05) is 33.3 Å². The maximum atomic E-state index is 15.2. The highest BCUT2D eigenvalue weighted by Crippen LogP contribution is 2.26. The molecular weight excluding hydrogens is 1370 g/mol. The van der Waals surface area contributed by atoms with Crippen LogP contribution in [-0.2, 0) is 84.7 Å². The zero-order valence-corrected chi connectivity index (χ0v) is 61.0. The number of fused-ring (bicyclic) bond motifs is 2. The lowest BCUT2D eigenvalue weighted by Crippen LogP contribution is -2.61. The zero-order chi connectivity index (χ0) is 77.9. The van der Waals surface area contributed by atoms with E-state index in [2.05, 4.69) is 47.9 Å². The highest BCUT2D eigenvalue weighted by Gasteiger charge is 2.44. The minimum absolute atomic E-state index is 0.0252. The number of nitrogens with zero attached hydrogens (tertiary/aromatic N) is 3. The van der Waals surface area contributed by atoms with Crippen molar-refractivity contribution in [3.63, 3.8) is 0 Å². The Morgan fingerprint density at radius 1 is 0.619 bits per heavy atom. The first-order chi connectivity index (χ1) is 49.7. The van der Waals surface area contributed by atoms with Gasteiger partial charge in [-0.1, -0.05) is 101 Å². The van der Waals surface area contributed by atoms with Crippen LogP contribution in [0.2, 0.25) is 0 Å². The molecule has 0 aromatic heterocycles. The molecule has 578 valence electrons. The zero-order valence-electron chi connectivity index (χ0n) is 61.0. The number of allylic oxidation sites excluding steroid dienone is 2. The predicted molar refractivity (Wildman–Crippen MR) is 378 cm³/mol. The number of hydrogen-bond acceptors (Lipinski definition) is 20. The van der Waals surface area contributed by atoms with E-state index < -0.39 is 218 Å². The Hall–Kier alpha value is -9.70. The molecule has 13 amide bonds. The molecule has 0 aliphatic carbocycles. The van der Waals surface area contributed by atoms with Crippen LogP contribution in [0.4, 0.5) is 0 Å². The van der Waals surface area contributed by atoms with Crippen molar-refractivity contribution in [2.24, 2.45) is 17.6 Å². The maximum Gasteiger partial charge on any atom is 0.329 e. The van der Waals surface area contributed by atoms with E-state index in [9.17, 15) is 83.1 Å². The van der Waals surface area contributed by atoms with Gasteiger partial charge in [0.1, 0.15) is 65.8 Å². The fourth-order valence-electron chi connectivity index (χ4n) is 12.4. The molecule has 0 bridgehead atoms. The van der Waals surface area contributed by atoms with Gasteiger partial charge in [0.2, 0.25) is 59.1 Å². The highest BCUT2D eigenvalue weighted by atomic mass is 16.5. The first kappa shape index (κ1) is 85.9. The average molecular weight is 1470 g/mol. The summed E-state index contributed by atoms with van der Waals surface area (Å²) < 4.78 is 6.07. The lowest BCUT2D eigenvalue weighted by molar-refractivity contribution is -0.162. The fraction of sp³-hybridized carbons (Fsp3) is 0.583. The predicted octanol–water partition coefficient (Wildman–Crippen LogP) is -2.73. The number of aliphatic hydroxyl groups is 5. The number of nitrogens with one attached hydrogen (secondary N) is 9. The van der Waals surface area contributed by atoms with Crippen LogP contribution in [0.25, 0.3) is 0 Å². The second-order valence-corrected chi connectivity index (χ2v) is 27.5. The number of rotatable bonds is 22. The Morgan fingerprint density at radius 2 is 1.14 bits per heavy atom. The van der Waals surface area contributed by atoms with E-state index in [-0.39, 0.29) is 82.7 Å². The lowest BCUT2D eigenvalue weighted by atomic mass is 9.93. The van der Waals surface area contributed by atoms with Gasteiger partial charge in [-0.3, -0.25) is 62.3 Å². The number of aliphatic hydroxyl groups excluding tert-OH is 5. The summed E-state index contributed by atoms with van der Waals surface area (Å²) in [4.78, 5) is 202. The Morgan fingerprint density at radius 3 is 1.70 bits per heavy atom. The highest BCUT2D eigenvalue weighted by molar-refractivity contribution is 6.04. The topological polar surface area (TPSA) is 493 Å². The Kier molecular flexibility index (Phi) is 34.1. The third-order valence-corrected chi connectivity index (χ3v) is 18.3. The number of hydrogen-bond donors (Lipinski definition) is 15. The summed E-state index contributed by atoms with van der Waals surface area (Å²) in [5.41, 5.74) is 5.74. The number of benzene rings is 2. The number of likely N-dealkylation sites (N-methyl/N-ethyl adjacent to an activating group) is 1. The molecule has 33 nitrogen and oxygen atoms in total. The average Bonchev–Trinajstić information content (AvgIpc) is 1.76. The Balaban J connectivity index is 1.65. The summed E-state index contributed by atoms with van der Waals surface area (Å²) in [6.07, 6.45) is -8.89. The van der Waals surface area contributed by atoms with Crippen LogP contribution in [0.5, 0.6) is 0 Å². The van der Waals surface area contributed by atoms with Crippen molar-refractivity contribution >= 4 is 82.8 Å². The van der Waals surface area contributed by atoms with E-state index in [1.54, 1.807) is 88.4 Å². The molecule has 3 heterocycles. The van der Waals surface area contributed by atoms with Gasteiger partial charge in [0.05, 0.1) is 37.5 Å². The minimum Gasteiger partial charge on any atom is -0.461 e. The van der Waals surface area contributed by atoms with Crippen molar-refractivity contribution in [3.05, 3.63) is 95.3 Å². The van der Waals surface area contributed by atoms with Crippen molar-refractivity contribution in [1.82, 2.24) is 62.6 Å². The molecule has 3 aliphatic heterocycles. The number of carbonyl (C=O) groups is 14. The molecule has 3 fully saturated rings. The largest absolute Gasteiger partial charge is 0.461 e. The number of ether oxygens (including phenoxy) is 1. The molecule has 33 heteroatoms. The molecule has 0 unspecified atom stereocenters. The molecule has 3 aliphatic rings. The molecule has 0 saturated carbocycles. The van der Waals surface area contributed by atoms with Crippen LogP contribution >= 0.6 is 0 Å². The lowest BCUT2D eigenvalue weighted by Gasteiger charge is -2.34. The number of nitrogens with two attached hydrogens (primary N) is 1. The van der Waals surface area contributed by atoms with Crippen LogP contribution in [0.3, 0.4) is 0 Å². The van der Waals surface area contributed by atoms with Crippen molar-refractivity contribution in [1.29, 1.82) is 0 Å². The number of aryl methyl sites for hydroxylation is 1. The molecule has 2 aromatic rings. The van der Waals surface area contributed by atoms with Gasteiger partial charge in [-0.25, -0.2) is 4.79 Å². The van der Waals surface area contributed by atoms with Gasteiger partial charge in [-0.2, -0.15) is 0 Å². The quantitative estimate of drug-likeness (QED) is 0.0420. The fourth-order valence-corrected chi connectivity index (χ4v) is 12.4.